The molecule has 25 heavy (non-hydrogen) atoms. The Morgan fingerprint density at radius 3 is 2.32 bits per heavy atom. The van der Waals surface area contributed by atoms with Crippen molar-refractivity contribution in [1.82, 2.24) is 14.8 Å². The molecule has 0 N–H and O–H groups in total. The van der Waals surface area contributed by atoms with Gasteiger partial charge in [-0.25, -0.2) is 4.98 Å². The molecule has 0 amide bonds. The second-order valence-electron chi connectivity index (χ2n) is 7.88. The molecule has 7 heterocycles. The molecule has 5 fully saturated rings. The SMILES string of the molecule is Cn1ncc2nc(N3CC4CC(C3)O4)cc(N3CC4CCC(C3)O4)c21. The van der Waals surface area contributed by atoms with Crippen LogP contribution in [0, 0.1) is 0 Å². The average Bonchev–Trinajstić information content (AvgIpc) is 3.15. The van der Waals surface area contributed by atoms with Crippen LogP contribution in [0.5, 0.6) is 0 Å². The van der Waals surface area contributed by atoms with Crippen LogP contribution in [0.15, 0.2) is 12.3 Å². The molecule has 132 valence electrons. The summed E-state index contributed by atoms with van der Waals surface area (Å²) in [5.41, 5.74) is 3.36. The average molecular weight is 341 g/mol. The molecule has 0 aromatic carbocycles. The number of aryl methyl sites for hydroxylation is 1. The van der Waals surface area contributed by atoms with Crippen molar-refractivity contribution >= 4 is 22.5 Å². The highest BCUT2D eigenvalue weighted by atomic mass is 16.5. The Hall–Kier alpha value is -1.86. The zero-order chi connectivity index (χ0) is 16.5. The van der Waals surface area contributed by atoms with Crippen molar-refractivity contribution in [3.63, 3.8) is 0 Å². The second-order valence-corrected chi connectivity index (χ2v) is 7.88. The van der Waals surface area contributed by atoms with E-state index in [1.54, 1.807) is 0 Å². The standard InChI is InChI=1S/C18H23N5O2/c1-21-18-15(6-19-21)20-17(23-9-13-4-14(10-23)25-13)5-16(18)22-7-11-2-3-12(8-22)24-11/h5-6,11-14H,2-4,7-10H2,1H3. The zero-order valence-corrected chi connectivity index (χ0v) is 14.5. The van der Waals surface area contributed by atoms with E-state index >= 15 is 0 Å². The van der Waals surface area contributed by atoms with Gasteiger partial charge in [-0.15, -0.1) is 0 Å². The Kier molecular flexibility index (Phi) is 2.91. The molecule has 0 spiro atoms. The topological polar surface area (TPSA) is 55.7 Å². The predicted octanol–water partition coefficient (Wildman–Crippen LogP) is 1.31. The van der Waals surface area contributed by atoms with Crippen molar-refractivity contribution in [1.29, 1.82) is 0 Å². The lowest BCUT2D eigenvalue weighted by atomic mass is 9.99. The molecule has 5 aliphatic rings. The van der Waals surface area contributed by atoms with Gasteiger partial charge in [0, 0.05) is 45.7 Å². The third-order valence-corrected chi connectivity index (χ3v) is 6.13. The second kappa shape index (κ2) is 5.08. The zero-order valence-electron chi connectivity index (χ0n) is 14.5. The molecule has 0 radical (unpaired) electrons. The largest absolute Gasteiger partial charge is 0.371 e. The minimum Gasteiger partial charge on any atom is -0.371 e. The summed E-state index contributed by atoms with van der Waals surface area (Å²) in [6, 6.07) is 2.26. The lowest BCUT2D eigenvalue weighted by molar-refractivity contribution is -0.133. The number of pyridine rings is 1. The first-order valence-electron chi connectivity index (χ1n) is 9.36. The molecule has 4 bridgehead atoms. The Bertz CT molecular complexity index is 808. The van der Waals surface area contributed by atoms with Crippen LogP contribution >= 0.6 is 0 Å². The maximum Gasteiger partial charge on any atom is 0.131 e. The highest BCUT2D eigenvalue weighted by Crippen LogP contribution is 2.37. The van der Waals surface area contributed by atoms with E-state index in [1.807, 2.05) is 17.9 Å². The molecule has 0 saturated carbocycles. The molecule has 5 saturated heterocycles. The van der Waals surface area contributed by atoms with E-state index < -0.39 is 0 Å². The summed E-state index contributed by atoms with van der Waals surface area (Å²) in [5.74, 6) is 1.06. The van der Waals surface area contributed by atoms with E-state index in [0.29, 0.717) is 24.4 Å². The lowest BCUT2D eigenvalue weighted by Crippen LogP contribution is -2.57. The van der Waals surface area contributed by atoms with Gasteiger partial charge in [0.15, 0.2) is 0 Å². The van der Waals surface area contributed by atoms with Crippen LogP contribution in [0.4, 0.5) is 11.5 Å². The third-order valence-electron chi connectivity index (χ3n) is 6.13. The van der Waals surface area contributed by atoms with Gasteiger partial charge >= 0.3 is 0 Å². The molecular formula is C18H23N5O2. The van der Waals surface area contributed by atoms with E-state index in [2.05, 4.69) is 21.0 Å². The van der Waals surface area contributed by atoms with E-state index in [9.17, 15) is 0 Å². The Labute approximate surface area is 146 Å². The van der Waals surface area contributed by atoms with E-state index in [1.165, 1.54) is 24.9 Å². The summed E-state index contributed by atoms with van der Waals surface area (Å²) < 4.78 is 13.8. The monoisotopic (exact) mass is 341 g/mol. The maximum atomic E-state index is 6.03. The van der Waals surface area contributed by atoms with Crippen LogP contribution in [0.2, 0.25) is 0 Å². The predicted molar refractivity (Wildman–Crippen MR) is 94.1 cm³/mol. The van der Waals surface area contributed by atoms with Gasteiger partial charge in [0.05, 0.1) is 36.3 Å². The Balaban J connectivity index is 1.43. The Morgan fingerprint density at radius 2 is 1.60 bits per heavy atom. The first kappa shape index (κ1) is 14.3. The number of nitrogens with zero attached hydrogens (tertiary/aromatic N) is 5. The van der Waals surface area contributed by atoms with Gasteiger partial charge in [0.2, 0.25) is 0 Å². The van der Waals surface area contributed by atoms with Gasteiger partial charge in [-0.1, -0.05) is 0 Å². The number of morpholine rings is 2. The quantitative estimate of drug-likeness (QED) is 0.821. The molecule has 2 aromatic rings. The van der Waals surface area contributed by atoms with Crippen LogP contribution < -0.4 is 9.80 Å². The van der Waals surface area contributed by atoms with Gasteiger partial charge in [-0.05, 0) is 12.8 Å². The fourth-order valence-electron chi connectivity index (χ4n) is 4.91. The van der Waals surface area contributed by atoms with Crippen LogP contribution in [0.25, 0.3) is 11.0 Å². The number of hydrogen-bond donors (Lipinski definition) is 0. The molecule has 5 aliphatic heterocycles. The molecule has 7 rings (SSSR count). The first-order valence-corrected chi connectivity index (χ1v) is 9.36. The van der Waals surface area contributed by atoms with Gasteiger partial charge < -0.3 is 19.3 Å². The number of hydrogen-bond acceptors (Lipinski definition) is 6. The number of ether oxygens (including phenoxy) is 2. The molecule has 2 aromatic heterocycles. The molecule has 7 heteroatoms. The van der Waals surface area contributed by atoms with E-state index in [4.69, 9.17) is 14.5 Å². The highest BCUT2D eigenvalue weighted by Gasteiger charge is 2.39. The van der Waals surface area contributed by atoms with E-state index in [0.717, 1.165) is 43.0 Å². The summed E-state index contributed by atoms with van der Waals surface area (Å²) in [7, 11) is 2.01. The number of piperidine rings is 1. The Morgan fingerprint density at radius 1 is 0.960 bits per heavy atom. The molecule has 7 nitrogen and oxygen atoms in total. The fraction of sp³-hybridized carbons (Fsp3) is 0.667. The molecule has 4 atom stereocenters. The summed E-state index contributed by atoms with van der Waals surface area (Å²) in [5, 5.41) is 4.47. The molecule has 4 unspecified atom stereocenters. The normalized spacial score (nSPS) is 33.8. The molecule has 0 aliphatic carbocycles. The van der Waals surface area contributed by atoms with E-state index in [-0.39, 0.29) is 0 Å². The summed E-state index contributed by atoms with van der Waals surface area (Å²) in [6.07, 6.45) is 6.95. The summed E-state index contributed by atoms with van der Waals surface area (Å²) >= 11 is 0. The number of anilines is 2. The lowest BCUT2D eigenvalue weighted by Gasteiger charge is -2.47. The minimum absolute atomic E-state index is 0.370. The number of rotatable bonds is 2. The van der Waals surface area contributed by atoms with Gasteiger partial charge in [-0.2, -0.15) is 5.10 Å². The van der Waals surface area contributed by atoms with Crippen LogP contribution in [0.3, 0.4) is 0 Å². The van der Waals surface area contributed by atoms with Crippen molar-refractivity contribution in [3.05, 3.63) is 12.3 Å². The minimum atomic E-state index is 0.370. The summed E-state index contributed by atoms with van der Waals surface area (Å²) in [6.45, 7) is 3.83. The third kappa shape index (κ3) is 2.18. The van der Waals surface area contributed by atoms with Crippen molar-refractivity contribution in [2.45, 2.75) is 43.7 Å². The van der Waals surface area contributed by atoms with Crippen molar-refractivity contribution < 1.29 is 9.47 Å². The number of fused-ring (bicyclic) bond motifs is 5. The van der Waals surface area contributed by atoms with Crippen molar-refractivity contribution in [2.24, 2.45) is 7.05 Å². The first-order chi connectivity index (χ1) is 12.2. The smallest absolute Gasteiger partial charge is 0.131 e. The highest BCUT2D eigenvalue weighted by molar-refractivity contribution is 5.90. The maximum absolute atomic E-state index is 6.03. The fourth-order valence-corrected chi connectivity index (χ4v) is 4.91. The van der Waals surface area contributed by atoms with Crippen molar-refractivity contribution in [2.75, 3.05) is 36.0 Å². The van der Waals surface area contributed by atoms with Gasteiger partial charge in [-0.3, -0.25) is 4.68 Å². The molecular weight excluding hydrogens is 318 g/mol. The van der Waals surface area contributed by atoms with Crippen LogP contribution in [0.1, 0.15) is 19.3 Å². The summed E-state index contributed by atoms with van der Waals surface area (Å²) in [4.78, 5) is 9.78. The van der Waals surface area contributed by atoms with Gasteiger partial charge in [0.1, 0.15) is 16.9 Å². The number of aromatic nitrogens is 3. The van der Waals surface area contributed by atoms with Gasteiger partial charge in [0.25, 0.3) is 0 Å². The van der Waals surface area contributed by atoms with Crippen molar-refractivity contribution in [3.8, 4) is 0 Å². The van der Waals surface area contributed by atoms with Crippen LogP contribution in [-0.4, -0.2) is 65.4 Å². The van der Waals surface area contributed by atoms with Crippen LogP contribution in [-0.2, 0) is 16.5 Å².